The Kier molecular flexibility index (Phi) is 5.04. The zero-order valence-corrected chi connectivity index (χ0v) is 14.3. The highest BCUT2D eigenvalue weighted by molar-refractivity contribution is 5.91. The SMILES string of the molecule is Cc1nn(-c2ccccc2)c(C)c1/C=C/C(=O)NCc1ccccn1. The summed E-state index contributed by atoms with van der Waals surface area (Å²) < 4.78 is 1.89. The summed E-state index contributed by atoms with van der Waals surface area (Å²) >= 11 is 0. The maximum absolute atomic E-state index is 12.0. The van der Waals surface area contributed by atoms with E-state index < -0.39 is 0 Å². The van der Waals surface area contributed by atoms with E-state index in [1.165, 1.54) is 6.08 Å². The minimum Gasteiger partial charge on any atom is -0.347 e. The molecule has 1 N–H and O–H groups in total. The second kappa shape index (κ2) is 7.57. The molecule has 2 aromatic heterocycles. The molecule has 126 valence electrons. The summed E-state index contributed by atoms with van der Waals surface area (Å²) in [4.78, 5) is 16.2. The Hall–Kier alpha value is -3.21. The molecule has 0 aliphatic carbocycles. The van der Waals surface area contributed by atoms with Crippen LogP contribution in [0.25, 0.3) is 11.8 Å². The predicted octanol–water partition coefficient (Wildman–Crippen LogP) is 3.21. The summed E-state index contributed by atoms with van der Waals surface area (Å²) in [5.41, 5.74) is 4.67. The van der Waals surface area contributed by atoms with Crippen molar-refractivity contribution >= 4 is 12.0 Å². The maximum Gasteiger partial charge on any atom is 0.244 e. The molecule has 0 bridgehead atoms. The lowest BCUT2D eigenvalue weighted by Crippen LogP contribution is -2.20. The van der Waals surface area contributed by atoms with Gasteiger partial charge in [-0.1, -0.05) is 24.3 Å². The van der Waals surface area contributed by atoms with Crippen LogP contribution < -0.4 is 5.32 Å². The highest BCUT2D eigenvalue weighted by Gasteiger charge is 2.10. The molecule has 3 aromatic rings. The van der Waals surface area contributed by atoms with E-state index in [-0.39, 0.29) is 5.91 Å². The Labute approximate surface area is 147 Å². The van der Waals surface area contributed by atoms with Gasteiger partial charge in [-0.25, -0.2) is 4.68 Å². The lowest BCUT2D eigenvalue weighted by Gasteiger charge is -2.03. The van der Waals surface area contributed by atoms with Gasteiger partial charge in [0.1, 0.15) is 0 Å². The smallest absolute Gasteiger partial charge is 0.244 e. The molecule has 0 atom stereocenters. The third kappa shape index (κ3) is 4.01. The van der Waals surface area contributed by atoms with Gasteiger partial charge in [0.2, 0.25) is 5.91 Å². The molecular weight excluding hydrogens is 312 g/mol. The number of amides is 1. The van der Waals surface area contributed by atoms with E-state index in [0.29, 0.717) is 6.54 Å². The molecule has 0 unspecified atom stereocenters. The van der Waals surface area contributed by atoms with Crippen molar-refractivity contribution in [1.29, 1.82) is 0 Å². The average Bonchev–Trinajstić information content (AvgIpc) is 2.94. The predicted molar refractivity (Wildman–Crippen MR) is 98.2 cm³/mol. The minimum atomic E-state index is -0.156. The standard InChI is InChI=1S/C20H20N4O/c1-15-19(16(2)24(23-15)18-9-4-3-5-10-18)11-12-20(25)22-14-17-8-6-7-13-21-17/h3-13H,14H2,1-2H3,(H,22,25)/b12-11+. The van der Waals surface area contributed by atoms with Gasteiger partial charge in [0.05, 0.1) is 23.6 Å². The van der Waals surface area contributed by atoms with Crippen molar-refractivity contribution in [3.05, 3.63) is 83.4 Å². The van der Waals surface area contributed by atoms with Crippen molar-refractivity contribution in [1.82, 2.24) is 20.1 Å². The topological polar surface area (TPSA) is 59.8 Å². The lowest BCUT2D eigenvalue weighted by atomic mass is 10.2. The molecule has 0 saturated heterocycles. The van der Waals surface area contributed by atoms with Crippen molar-refractivity contribution in [2.45, 2.75) is 20.4 Å². The second-order valence-electron chi connectivity index (χ2n) is 5.70. The van der Waals surface area contributed by atoms with E-state index >= 15 is 0 Å². The Bertz CT molecular complexity index is 883. The number of aryl methyl sites for hydroxylation is 1. The first kappa shape index (κ1) is 16.6. The van der Waals surface area contributed by atoms with Gasteiger partial charge in [0.25, 0.3) is 0 Å². The number of pyridine rings is 1. The van der Waals surface area contributed by atoms with Crippen LogP contribution in [-0.2, 0) is 11.3 Å². The third-order valence-electron chi connectivity index (χ3n) is 3.92. The lowest BCUT2D eigenvalue weighted by molar-refractivity contribution is -0.116. The van der Waals surface area contributed by atoms with Crippen molar-refractivity contribution < 1.29 is 4.79 Å². The number of nitrogens with one attached hydrogen (secondary N) is 1. The van der Waals surface area contributed by atoms with E-state index in [4.69, 9.17) is 0 Å². The molecule has 0 saturated carbocycles. The Balaban J connectivity index is 1.71. The summed E-state index contributed by atoms with van der Waals surface area (Å²) in [6.07, 6.45) is 5.06. The fourth-order valence-corrected chi connectivity index (χ4v) is 2.61. The fraction of sp³-hybridized carbons (Fsp3) is 0.150. The van der Waals surface area contributed by atoms with Gasteiger partial charge >= 0.3 is 0 Å². The van der Waals surface area contributed by atoms with Gasteiger partial charge in [-0.3, -0.25) is 9.78 Å². The quantitative estimate of drug-likeness (QED) is 0.730. The first-order chi connectivity index (χ1) is 12.1. The van der Waals surface area contributed by atoms with Crippen LogP contribution >= 0.6 is 0 Å². The highest BCUT2D eigenvalue weighted by Crippen LogP contribution is 2.19. The highest BCUT2D eigenvalue weighted by atomic mass is 16.1. The number of rotatable bonds is 5. The third-order valence-corrected chi connectivity index (χ3v) is 3.92. The molecule has 0 spiro atoms. The molecule has 0 aliphatic rings. The van der Waals surface area contributed by atoms with Crippen LogP contribution in [0, 0.1) is 13.8 Å². The van der Waals surface area contributed by atoms with Crippen LogP contribution in [0.2, 0.25) is 0 Å². The Morgan fingerprint density at radius 2 is 1.88 bits per heavy atom. The van der Waals surface area contributed by atoms with Crippen LogP contribution in [0.5, 0.6) is 0 Å². The zero-order valence-electron chi connectivity index (χ0n) is 14.3. The van der Waals surface area contributed by atoms with Crippen LogP contribution in [0.1, 0.15) is 22.6 Å². The number of benzene rings is 1. The molecule has 5 nitrogen and oxygen atoms in total. The van der Waals surface area contributed by atoms with E-state index in [2.05, 4.69) is 15.4 Å². The maximum atomic E-state index is 12.0. The number of hydrogen-bond donors (Lipinski definition) is 1. The number of aromatic nitrogens is 3. The molecule has 0 aliphatic heterocycles. The monoisotopic (exact) mass is 332 g/mol. The van der Waals surface area contributed by atoms with Gasteiger partial charge < -0.3 is 5.32 Å². The first-order valence-corrected chi connectivity index (χ1v) is 8.12. The molecule has 0 fully saturated rings. The fourth-order valence-electron chi connectivity index (χ4n) is 2.61. The number of carbonyl (C=O) groups excluding carboxylic acids is 1. The summed E-state index contributed by atoms with van der Waals surface area (Å²) in [7, 11) is 0. The van der Waals surface area contributed by atoms with E-state index in [1.807, 2.05) is 73.1 Å². The first-order valence-electron chi connectivity index (χ1n) is 8.12. The summed E-state index contributed by atoms with van der Waals surface area (Å²) in [5, 5.41) is 7.41. The normalized spacial score (nSPS) is 11.0. The molecule has 3 rings (SSSR count). The van der Waals surface area contributed by atoms with E-state index in [1.54, 1.807) is 6.20 Å². The minimum absolute atomic E-state index is 0.156. The van der Waals surface area contributed by atoms with Gasteiger partial charge in [0.15, 0.2) is 0 Å². The van der Waals surface area contributed by atoms with Gasteiger partial charge in [0, 0.05) is 23.5 Å². The van der Waals surface area contributed by atoms with Gasteiger partial charge in [-0.15, -0.1) is 0 Å². The second-order valence-corrected chi connectivity index (χ2v) is 5.70. The van der Waals surface area contributed by atoms with Crippen molar-refractivity contribution in [2.24, 2.45) is 0 Å². The summed E-state index contributed by atoms with van der Waals surface area (Å²) in [6, 6.07) is 15.6. The van der Waals surface area contributed by atoms with E-state index in [9.17, 15) is 4.79 Å². The van der Waals surface area contributed by atoms with Crippen molar-refractivity contribution in [3.8, 4) is 5.69 Å². The Morgan fingerprint density at radius 3 is 2.60 bits per heavy atom. The molecule has 1 amide bonds. The van der Waals surface area contributed by atoms with Crippen LogP contribution in [0.15, 0.2) is 60.8 Å². The van der Waals surface area contributed by atoms with Crippen LogP contribution in [0.3, 0.4) is 0 Å². The van der Waals surface area contributed by atoms with Gasteiger partial charge in [-0.05, 0) is 44.2 Å². The number of para-hydroxylation sites is 1. The van der Waals surface area contributed by atoms with Gasteiger partial charge in [-0.2, -0.15) is 5.10 Å². The Morgan fingerprint density at radius 1 is 1.12 bits per heavy atom. The molecule has 25 heavy (non-hydrogen) atoms. The van der Waals surface area contributed by atoms with Crippen molar-refractivity contribution in [2.75, 3.05) is 0 Å². The molecular formula is C20H20N4O. The molecule has 2 heterocycles. The molecule has 0 radical (unpaired) electrons. The average molecular weight is 332 g/mol. The number of carbonyl (C=O) groups is 1. The zero-order chi connectivity index (χ0) is 17.6. The largest absolute Gasteiger partial charge is 0.347 e. The summed E-state index contributed by atoms with van der Waals surface area (Å²) in [6.45, 7) is 4.35. The number of nitrogens with zero attached hydrogens (tertiary/aromatic N) is 3. The summed E-state index contributed by atoms with van der Waals surface area (Å²) in [5.74, 6) is -0.156. The molecule has 5 heteroatoms. The van der Waals surface area contributed by atoms with Crippen LogP contribution in [0.4, 0.5) is 0 Å². The van der Waals surface area contributed by atoms with Crippen molar-refractivity contribution in [3.63, 3.8) is 0 Å². The van der Waals surface area contributed by atoms with E-state index in [0.717, 1.165) is 28.3 Å². The van der Waals surface area contributed by atoms with Crippen LogP contribution in [-0.4, -0.2) is 20.7 Å². The molecule has 1 aromatic carbocycles. The number of hydrogen-bond acceptors (Lipinski definition) is 3.